The highest BCUT2D eigenvalue weighted by Gasteiger charge is 2.21. The van der Waals surface area contributed by atoms with Gasteiger partial charge < -0.3 is 10.6 Å². The van der Waals surface area contributed by atoms with Crippen molar-refractivity contribution in [2.24, 2.45) is 0 Å². The van der Waals surface area contributed by atoms with E-state index in [1.807, 2.05) is 44.2 Å². The van der Waals surface area contributed by atoms with Crippen LogP contribution >= 0.6 is 31.9 Å². The molecule has 4 rings (SSSR count). The lowest BCUT2D eigenvalue weighted by Crippen LogP contribution is -2.36. The molecular formula is C26H22Br2N4O3. The second-order valence-electron chi connectivity index (χ2n) is 7.95. The smallest absolute Gasteiger partial charge is 0.320 e. The van der Waals surface area contributed by atoms with Gasteiger partial charge >= 0.3 is 11.8 Å². The van der Waals surface area contributed by atoms with E-state index in [1.54, 1.807) is 36.4 Å². The highest BCUT2D eigenvalue weighted by molar-refractivity contribution is 9.10. The number of hydrogen-bond acceptors (Lipinski definition) is 3. The number of carbonyl (C=O) groups is 3. The first kappa shape index (κ1) is 24.7. The lowest BCUT2D eigenvalue weighted by atomic mass is 10.1. The summed E-state index contributed by atoms with van der Waals surface area (Å²) in [5.41, 5.74) is 6.54. The normalized spacial score (nSPS) is 10.7. The summed E-state index contributed by atoms with van der Waals surface area (Å²) in [7, 11) is 0. The zero-order valence-electron chi connectivity index (χ0n) is 19.0. The summed E-state index contributed by atoms with van der Waals surface area (Å²) < 4.78 is 2.87. The lowest BCUT2D eigenvalue weighted by Gasteiger charge is -2.13. The van der Waals surface area contributed by atoms with Crippen molar-refractivity contribution in [3.8, 4) is 0 Å². The first-order chi connectivity index (χ1) is 16.7. The Bertz CT molecular complexity index is 1450. The third kappa shape index (κ3) is 5.63. The average molecular weight is 598 g/mol. The van der Waals surface area contributed by atoms with Crippen LogP contribution in [-0.4, -0.2) is 22.4 Å². The van der Waals surface area contributed by atoms with E-state index in [-0.39, 0.29) is 5.69 Å². The van der Waals surface area contributed by atoms with Crippen LogP contribution < -0.4 is 16.1 Å². The monoisotopic (exact) mass is 596 g/mol. The van der Waals surface area contributed by atoms with Crippen molar-refractivity contribution < 1.29 is 14.4 Å². The van der Waals surface area contributed by atoms with E-state index in [0.717, 1.165) is 26.5 Å². The Morgan fingerprint density at radius 1 is 0.857 bits per heavy atom. The molecule has 0 saturated heterocycles. The molecule has 0 aliphatic rings. The topological polar surface area (TPSA) is 92.2 Å². The second-order valence-corrected chi connectivity index (χ2v) is 9.72. The van der Waals surface area contributed by atoms with Gasteiger partial charge in [-0.05, 0) is 88.9 Å². The average Bonchev–Trinajstić information content (AvgIpc) is 3.18. The summed E-state index contributed by atoms with van der Waals surface area (Å²) in [6.07, 6.45) is 0.871. The van der Waals surface area contributed by atoms with Crippen LogP contribution in [0.1, 0.15) is 28.5 Å². The van der Waals surface area contributed by atoms with Crippen molar-refractivity contribution in [3.63, 3.8) is 0 Å². The predicted octanol–water partition coefficient (Wildman–Crippen LogP) is 6.00. The van der Waals surface area contributed by atoms with Gasteiger partial charge in [0.1, 0.15) is 5.69 Å². The van der Waals surface area contributed by atoms with E-state index >= 15 is 0 Å². The van der Waals surface area contributed by atoms with Crippen LogP contribution in [0.15, 0.2) is 75.7 Å². The van der Waals surface area contributed by atoms with Crippen LogP contribution in [0.2, 0.25) is 0 Å². The number of nitrogens with zero attached hydrogens (tertiary/aromatic N) is 1. The fourth-order valence-electron chi connectivity index (χ4n) is 3.55. The summed E-state index contributed by atoms with van der Waals surface area (Å²) in [5.74, 6) is -2.20. The van der Waals surface area contributed by atoms with E-state index in [9.17, 15) is 14.4 Å². The first-order valence-corrected chi connectivity index (χ1v) is 12.4. The van der Waals surface area contributed by atoms with Gasteiger partial charge in [0.05, 0.1) is 11.2 Å². The van der Waals surface area contributed by atoms with Gasteiger partial charge in [0.25, 0.3) is 5.91 Å². The van der Waals surface area contributed by atoms with E-state index in [4.69, 9.17) is 0 Å². The first-order valence-electron chi connectivity index (χ1n) is 10.8. The molecule has 0 radical (unpaired) electrons. The molecule has 0 unspecified atom stereocenters. The number of hydrogen-bond donors (Lipinski definition) is 3. The third-order valence-electron chi connectivity index (χ3n) is 5.41. The van der Waals surface area contributed by atoms with Crippen LogP contribution in [0, 0.1) is 6.92 Å². The van der Waals surface area contributed by atoms with Gasteiger partial charge in [-0.25, -0.2) is 4.68 Å². The molecule has 3 aromatic carbocycles. The minimum absolute atomic E-state index is 0.166. The molecule has 9 heteroatoms. The molecule has 0 fully saturated rings. The van der Waals surface area contributed by atoms with Crippen LogP contribution in [-0.2, 0) is 16.0 Å². The Morgan fingerprint density at radius 2 is 1.60 bits per heavy atom. The summed E-state index contributed by atoms with van der Waals surface area (Å²) in [4.78, 5) is 38.6. The van der Waals surface area contributed by atoms with Crippen molar-refractivity contribution in [2.75, 3.05) is 16.1 Å². The Morgan fingerprint density at radius 3 is 2.29 bits per heavy atom. The molecule has 0 spiro atoms. The van der Waals surface area contributed by atoms with Gasteiger partial charge in [-0.3, -0.25) is 19.8 Å². The SMILES string of the molecule is CCc1ccc(NC(=O)C(=O)Nn2c(C(=O)Nc3ccc(C)cc3Br)cc3cc(Br)ccc32)cc1. The van der Waals surface area contributed by atoms with Crippen LogP contribution in [0.3, 0.4) is 0 Å². The van der Waals surface area contributed by atoms with Gasteiger partial charge in [-0.15, -0.1) is 0 Å². The van der Waals surface area contributed by atoms with E-state index in [2.05, 4.69) is 47.9 Å². The standard InChI is InChI=1S/C26H22Br2N4O3/c1-3-16-5-8-19(9-6-16)29-25(34)26(35)31-32-22-11-7-18(27)13-17(22)14-23(32)24(33)30-21-10-4-15(2)12-20(21)28/h4-14H,3H2,1-2H3,(H,29,34)(H,30,33)(H,31,35). The van der Waals surface area contributed by atoms with Gasteiger partial charge in [0, 0.05) is 20.0 Å². The van der Waals surface area contributed by atoms with Gasteiger partial charge in [-0.1, -0.05) is 41.1 Å². The Labute approximate surface area is 219 Å². The van der Waals surface area contributed by atoms with Crippen molar-refractivity contribution >= 4 is 71.9 Å². The van der Waals surface area contributed by atoms with Crippen molar-refractivity contribution in [3.05, 3.63) is 92.5 Å². The largest absolute Gasteiger partial charge is 0.328 e. The predicted molar refractivity (Wildman–Crippen MR) is 145 cm³/mol. The molecular weight excluding hydrogens is 576 g/mol. The maximum absolute atomic E-state index is 13.2. The zero-order valence-corrected chi connectivity index (χ0v) is 22.2. The number of amides is 3. The Hall–Kier alpha value is -3.43. The Balaban J connectivity index is 1.61. The van der Waals surface area contributed by atoms with Crippen molar-refractivity contribution in [1.82, 2.24) is 4.68 Å². The van der Waals surface area contributed by atoms with E-state index in [1.165, 1.54) is 4.68 Å². The molecule has 0 atom stereocenters. The maximum Gasteiger partial charge on any atom is 0.328 e. The number of aryl methyl sites for hydroxylation is 2. The van der Waals surface area contributed by atoms with Gasteiger partial charge in [0.2, 0.25) is 0 Å². The number of nitrogens with one attached hydrogen (secondary N) is 3. The zero-order chi connectivity index (χ0) is 25.1. The molecule has 0 saturated carbocycles. The number of aromatic nitrogens is 1. The van der Waals surface area contributed by atoms with E-state index < -0.39 is 17.7 Å². The third-order valence-corrected chi connectivity index (χ3v) is 6.56. The molecule has 3 amide bonds. The fourth-order valence-corrected chi connectivity index (χ4v) is 4.52. The highest BCUT2D eigenvalue weighted by Crippen LogP contribution is 2.26. The molecule has 1 heterocycles. The minimum Gasteiger partial charge on any atom is -0.320 e. The quantitative estimate of drug-likeness (QED) is 0.246. The molecule has 178 valence electrons. The van der Waals surface area contributed by atoms with Crippen LogP contribution in [0.4, 0.5) is 11.4 Å². The fraction of sp³-hybridized carbons (Fsp3) is 0.115. The summed E-state index contributed by atoms with van der Waals surface area (Å²) in [5, 5.41) is 6.15. The Kier molecular flexibility index (Phi) is 7.37. The molecule has 7 nitrogen and oxygen atoms in total. The van der Waals surface area contributed by atoms with Gasteiger partial charge in [0.15, 0.2) is 0 Å². The second kappa shape index (κ2) is 10.5. The number of benzene rings is 3. The molecule has 0 bridgehead atoms. The maximum atomic E-state index is 13.2. The number of carbonyl (C=O) groups excluding carboxylic acids is 3. The number of fused-ring (bicyclic) bond motifs is 1. The molecule has 0 aliphatic carbocycles. The van der Waals surface area contributed by atoms with Crippen LogP contribution in [0.5, 0.6) is 0 Å². The molecule has 1 aromatic heterocycles. The number of anilines is 2. The summed E-state index contributed by atoms with van der Waals surface area (Å²) in [6.45, 7) is 3.98. The highest BCUT2D eigenvalue weighted by atomic mass is 79.9. The van der Waals surface area contributed by atoms with Crippen molar-refractivity contribution in [1.29, 1.82) is 0 Å². The number of rotatable bonds is 5. The van der Waals surface area contributed by atoms with Gasteiger partial charge in [-0.2, -0.15) is 0 Å². The van der Waals surface area contributed by atoms with Crippen LogP contribution in [0.25, 0.3) is 10.9 Å². The number of halogens is 2. The molecule has 3 N–H and O–H groups in total. The minimum atomic E-state index is -0.907. The molecule has 35 heavy (non-hydrogen) atoms. The lowest BCUT2D eigenvalue weighted by molar-refractivity contribution is -0.133. The molecule has 4 aromatic rings. The van der Waals surface area contributed by atoms with E-state index in [0.29, 0.717) is 22.3 Å². The summed E-state index contributed by atoms with van der Waals surface area (Å²) in [6, 6.07) is 19.8. The molecule has 0 aliphatic heterocycles. The summed E-state index contributed by atoms with van der Waals surface area (Å²) >= 11 is 6.89. The van der Waals surface area contributed by atoms with Crippen molar-refractivity contribution in [2.45, 2.75) is 20.3 Å².